The third-order valence-electron chi connectivity index (χ3n) is 5.34. The van der Waals surface area contributed by atoms with Crippen molar-refractivity contribution in [2.75, 3.05) is 26.6 Å². The fraction of sp³-hybridized carbons (Fsp3) is 0.304. The second kappa shape index (κ2) is 8.55. The Morgan fingerprint density at radius 2 is 1.71 bits per heavy atom. The molecule has 8 heteroatoms. The first-order chi connectivity index (χ1) is 15.0. The topological polar surface area (TPSA) is 74.6 Å². The van der Waals surface area contributed by atoms with Crippen LogP contribution in [0.15, 0.2) is 42.5 Å². The van der Waals surface area contributed by atoms with E-state index in [-0.39, 0.29) is 16.4 Å². The van der Waals surface area contributed by atoms with Crippen molar-refractivity contribution in [2.24, 2.45) is 0 Å². The van der Waals surface area contributed by atoms with Crippen LogP contribution in [0.1, 0.15) is 29.0 Å². The summed E-state index contributed by atoms with van der Waals surface area (Å²) < 4.78 is 18.6. The van der Waals surface area contributed by atoms with Gasteiger partial charge in [-0.25, -0.2) is 4.68 Å². The van der Waals surface area contributed by atoms with E-state index < -0.39 is 0 Å². The largest absolute Gasteiger partial charge is 0.493 e. The molecule has 2 aromatic carbocycles. The predicted molar refractivity (Wildman–Crippen MR) is 122 cm³/mol. The van der Waals surface area contributed by atoms with Crippen molar-refractivity contribution in [2.45, 2.75) is 24.3 Å². The monoisotopic (exact) mass is 439 g/mol. The van der Waals surface area contributed by atoms with Gasteiger partial charge in [0.1, 0.15) is 5.82 Å². The van der Waals surface area contributed by atoms with Gasteiger partial charge >= 0.3 is 0 Å². The van der Waals surface area contributed by atoms with Gasteiger partial charge in [-0.2, -0.15) is 5.10 Å². The number of rotatable bonds is 5. The summed E-state index contributed by atoms with van der Waals surface area (Å²) in [7, 11) is 4.78. The number of para-hydroxylation sites is 1. The lowest BCUT2D eigenvalue weighted by Gasteiger charge is -2.22. The molecule has 0 fully saturated rings. The summed E-state index contributed by atoms with van der Waals surface area (Å²) in [4.78, 5) is 12.9. The van der Waals surface area contributed by atoms with Gasteiger partial charge in [0, 0.05) is 11.1 Å². The number of aromatic nitrogens is 2. The molecule has 1 N–H and O–H groups in total. The minimum atomic E-state index is -0.279. The number of carbonyl (C=O) groups is 1. The van der Waals surface area contributed by atoms with E-state index in [2.05, 4.69) is 5.32 Å². The van der Waals surface area contributed by atoms with E-state index in [0.29, 0.717) is 23.1 Å². The van der Waals surface area contributed by atoms with Crippen molar-refractivity contribution in [3.05, 3.63) is 59.3 Å². The van der Waals surface area contributed by atoms with Crippen molar-refractivity contribution in [1.82, 2.24) is 9.78 Å². The summed E-state index contributed by atoms with van der Waals surface area (Å²) in [5.41, 5.74) is 3.55. The van der Waals surface area contributed by atoms with Gasteiger partial charge in [0.05, 0.1) is 43.2 Å². The van der Waals surface area contributed by atoms with E-state index in [1.165, 1.54) is 0 Å². The zero-order valence-electron chi connectivity index (χ0n) is 18.1. The Hall–Kier alpha value is -3.13. The molecule has 2 atom stereocenters. The minimum absolute atomic E-state index is 0.0646. The average molecular weight is 440 g/mol. The van der Waals surface area contributed by atoms with Crippen LogP contribution in [0.4, 0.5) is 5.82 Å². The summed E-state index contributed by atoms with van der Waals surface area (Å²) in [5, 5.41) is 7.38. The fourth-order valence-corrected chi connectivity index (χ4v) is 5.18. The van der Waals surface area contributed by atoms with Crippen LogP contribution in [0.25, 0.3) is 5.69 Å². The second-order valence-electron chi connectivity index (χ2n) is 7.17. The number of ether oxygens (including phenoxy) is 3. The standard InChI is InChI=1S/C23H25N3O4S/c1-13-18-21(16-11-12-17(28-3)20(30-5)19(16)29-4)31-14(2)23(27)24-22(18)26(25-13)15-9-7-6-8-10-15/h6-12,14,21H,1-5H3,(H,24,27)/t14-,21-/m1/s1. The van der Waals surface area contributed by atoms with Crippen LogP contribution < -0.4 is 19.5 Å². The van der Waals surface area contributed by atoms with Gasteiger partial charge in [-0.1, -0.05) is 18.2 Å². The van der Waals surface area contributed by atoms with Crippen LogP contribution in [0.3, 0.4) is 0 Å². The SMILES string of the molecule is COc1ccc([C@H]2S[C@H](C)C(=O)Nc3c2c(C)nn3-c2ccccc2)c(OC)c1OC. The molecule has 1 amide bonds. The number of anilines is 1. The highest BCUT2D eigenvalue weighted by molar-refractivity contribution is 8.01. The molecular formula is C23H25N3O4S. The molecule has 0 spiro atoms. The van der Waals surface area contributed by atoms with E-state index in [1.54, 1.807) is 37.8 Å². The number of hydrogen-bond donors (Lipinski definition) is 1. The van der Waals surface area contributed by atoms with E-state index in [0.717, 1.165) is 22.5 Å². The van der Waals surface area contributed by atoms with E-state index in [9.17, 15) is 4.79 Å². The summed E-state index contributed by atoms with van der Waals surface area (Å²) >= 11 is 1.55. The Morgan fingerprint density at radius 3 is 2.35 bits per heavy atom. The Balaban J connectivity index is 1.96. The van der Waals surface area contributed by atoms with Crippen LogP contribution in [-0.4, -0.2) is 42.3 Å². The van der Waals surface area contributed by atoms with Crippen LogP contribution in [-0.2, 0) is 4.79 Å². The lowest BCUT2D eigenvalue weighted by atomic mass is 10.0. The number of nitrogens with zero attached hydrogens (tertiary/aromatic N) is 2. The highest BCUT2D eigenvalue weighted by Crippen LogP contribution is 2.52. The predicted octanol–water partition coefficient (Wildman–Crippen LogP) is 4.37. The molecule has 0 bridgehead atoms. The molecule has 1 aliphatic rings. The number of methoxy groups -OCH3 is 3. The lowest BCUT2D eigenvalue weighted by molar-refractivity contribution is -0.115. The lowest BCUT2D eigenvalue weighted by Crippen LogP contribution is -2.22. The molecule has 162 valence electrons. The van der Waals surface area contributed by atoms with Crippen LogP contribution in [0, 0.1) is 6.92 Å². The Morgan fingerprint density at radius 1 is 1.00 bits per heavy atom. The number of thioether (sulfide) groups is 1. The summed E-state index contributed by atoms with van der Waals surface area (Å²) in [6, 6.07) is 13.6. The maximum atomic E-state index is 12.9. The first kappa shape index (κ1) is 21.1. The number of benzene rings is 2. The zero-order valence-corrected chi connectivity index (χ0v) is 18.9. The van der Waals surface area contributed by atoms with Crippen molar-refractivity contribution in [3.8, 4) is 22.9 Å². The Labute approximate surface area is 185 Å². The number of carbonyl (C=O) groups excluding carboxylic acids is 1. The molecule has 4 rings (SSSR count). The number of hydrogen-bond acceptors (Lipinski definition) is 6. The Bertz CT molecular complexity index is 1110. The zero-order chi connectivity index (χ0) is 22.1. The number of fused-ring (bicyclic) bond motifs is 1. The second-order valence-corrected chi connectivity index (χ2v) is 8.62. The van der Waals surface area contributed by atoms with Gasteiger partial charge in [0.15, 0.2) is 11.5 Å². The molecule has 0 unspecified atom stereocenters. The third kappa shape index (κ3) is 3.61. The first-order valence-corrected chi connectivity index (χ1v) is 10.8. The number of nitrogens with one attached hydrogen (secondary N) is 1. The Kier molecular flexibility index (Phi) is 5.82. The summed E-state index contributed by atoms with van der Waals surface area (Å²) in [5.74, 6) is 2.30. The number of amides is 1. The molecule has 1 aromatic heterocycles. The average Bonchev–Trinajstić information content (AvgIpc) is 3.04. The molecule has 0 saturated heterocycles. The van der Waals surface area contributed by atoms with Crippen molar-refractivity contribution >= 4 is 23.5 Å². The quantitative estimate of drug-likeness (QED) is 0.636. The van der Waals surface area contributed by atoms with Crippen LogP contribution >= 0.6 is 11.8 Å². The van der Waals surface area contributed by atoms with Gasteiger partial charge in [0.25, 0.3) is 0 Å². The van der Waals surface area contributed by atoms with Gasteiger partial charge < -0.3 is 19.5 Å². The maximum absolute atomic E-state index is 12.9. The molecule has 2 heterocycles. The first-order valence-electron chi connectivity index (χ1n) is 9.90. The minimum Gasteiger partial charge on any atom is -0.493 e. The van der Waals surface area contributed by atoms with E-state index in [1.807, 2.05) is 56.3 Å². The van der Waals surface area contributed by atoms with Crippen molar-refractivity contribution in [3.63, 3.8) is 0 Å². The highest BCUT2D eigenvalue weighted by Gasteiger charge is 2.36. The third-order valence-corrected chi connectivity index (χ3v) is 6.72. The van der Waals surface area contributed by atoms with Crippen LogP contribution in [0.5, 0.6) is 17.2 Å². The maximum Gasteiger partial charge on any atom is 0.238 e. The molecular weight excluding hydrogens is 414 g/mol. The van der Waals surface area contributed by atoms with Crippen molar-refractivity contribution < 1.29 is 19.0 Å². The van der Waals surface area contributed by atoms with Gasteiger partial charge in [0.2, 0.25) is 11.7 Å². The fourth-order valence-electron chi connectivity index (χ4n) is 3.84. The molecule has 0 aliphatic carbocycles. The van der Waals surface area contributed by atoms with E-state index in [4.69, 9.17) is 19.3 Å². The van der Waals surface area contributed by atoms with Gasteiger partial charge in [-0.15, -0.1) is 11.8 Å². The normalized spacial score (nSPS) is 18.0. The smallest absolute Gasteiger partial charge is 0.238 e. The van der Waals surface area contributed by atoms with Gasteiger partial charge in [-0.05, 0) is 38.1 Å². The highest BCUT2D eigenvalue weighted by atomic mass is 32.2. The molecule has 0 radical (unpaired) electrons. The van der Waals surface area contributed by atoms with E-state index >= 15 is 0 Å². The van der Waals surface area contributed by atoms with Crippen LogP contribution in [0.2, 0.25) is 0 Å². The molecule has 0 saturated carbocycles. The number of aryl methyl sites for hydroxylation is 1. The summed E-state index contributed by atoms with van der Waals surface area (Å²) in [6.07, 6.45) is 0. The molecule has 7 nitrogen and oxygen atoms in total. The summed E-state index contributed by atoms with van der Waals surface area (Å²) in [6.45, 7) is 3.86. The molecule has 1 aliphatic heterocycles. The molecule has 3 aromatic rings. The van der Waals surface area contributed by atoms with Crippen molar-refractivity contribution in [1.29, 1.82) is 0 Å². The van der Waals surface area contributed by atoms with Gasteiger partial charge in [-0.3, -0.25) is 4.79 Å². The molecule has 31 heavy (non-hydrogen) atoms.